The molecule has 0 atom stereocenters. The molecule has 0 unspecified atom stereocenters. The van der Waals surface area contributed by atoms with Crippen LogP contribution in [0.5, 0.6) is 0 Å². The van der Waals surface area contributed by atoms with E-state index >= 15 is 0 Å². The van der Waals surface area contributed by atoms with E-state index < -0.39 is 23.1 Å². The lowest BCUT2D eigenvalue weighted by molar-refractivity contribution is -0.124. The number of rotatable bonds is 6. The number of allylic oxidation sites excluding steroid dienone is 1. The number of ether oxygens (including phenoxy) is 1. The Morgan fingerprint density at radius 2 is 2.08 bits per heavy atom. The number of hydrogen-bond donors (Lipinski definition) is 3. The van der Waals surface area contributed by atoms with Crippen molar-refractivity contribution in [2.75, 3.05) is 13.2 Å². The van der Waals surface area contributed by atoms with Gasteiger partial charge in [-0.25, -0.2) is 19.3 Å². The van der Waals surface area contributed by atoms with Crippen LogP contribution < -0.4 is 10.8 Å². The van der Waals surface area contributed by atoms with Crippen LogP contribution in [-0.4, -0.2) is 30.5 Å². The number of nitrogens with one attached hydrogen (secondary N) is 2. The van der Waals surface area contributed by atoms with E-state index in [-0.39, 0.29) is 17.0 Å². The van der Waals surface area contributed by atoms with E-state index in [1.807, 2.05) is 0 Å². The van der Waals surface area contributed by atoms with E-state index in [1.165, 1.54) is 17.8 Å². The van der Waals surface area contributed by atoms with Crippen LogP contribution in [0.1, 0.15) is 25.3 Å². The fraction of sp³-hybridized carbons (Fsp3) is 0.333. The summed E-state index contributed by atoms with van der Waals surface area (Å²) in [4.78, 5) is 15.5. The first-order valence-electron chi connectivity index (χ1n) is 8.07. The largest absolute Gasteiger partial charge is 0.381 e. The Morgan fingerprint density at radius 3 is 2.69 bits per heavy atom. The van der Waals surface area contributed by atoms with Gasteiger partial charge in [0, 0.05) is 25.0 Å². The number of carbonyl (C=O) groups is 1. The molecule has 0 aliphatic carbocycles. The highest BCUT2D eigenvalue weighted by atomic mass is 19.1. The highest BCUT2D eigenvalue weighted by molar-refractivity contribution is 6.11. The molecule has 2 rings (SSSR count). The number of nitrogens with zero attached hydrogens (tertiary/aromatic N) is 1. The van der Waals surface area contributed by atoms with Crippen LogP contribution in [0.2, 0.25) is 0 Å². The van der Waals surface area contributed by atoms with Crippen molar-refractivity contribution in [1.29, 1.82) is 0 Å². The van der Waals surface area contributed by atoms with E-state index in [4.69, 9.17) is 9.94 Å². The van der Waals surface area contributed by atoms with Crippen LogP contribution in [0, 0.1) is 11.6 Å². The van der Waals surface area contributed by atoms with E-state index in [9.17, 15) is 13.6 Å². The third kappa shape index (κ3) is 4.53. The molecule has 6 nitrogen and oxygen atoms in total. The molecule has 0 saturated carbocycles. The van der Waals surface area contributed by atoms with Crippen molar-refractivity contribution in [3.63, 3.8) is 0 Å². The maximum atomic E-state index is 14.4. The summed E-state index contributed by atoms with van der Waals surface area (Å²) in [6, 6.07) is 3.30. The Hall–Kier alpha value is -2.58. The Balaban J connectivity index is 2.27. The summed E-state index contributed by atoms with van der Waals surface area (Å²) in [6.45, 7) is 6.12. The minimum absolute atomic E-state index is 0.119. The summed E-state index contributed by atoms with van der Waals surface area (Å²) < 4.78 is 33.4. The van der Waals surface area contributed by atoms with Gasteiger partial charge in [-0.05, 0) is 38.0 Å². The molecule has 0 spiro atoms. The van der Waals surface area contributed by atoms with Gasteiger partial charge in [-0.1, -0.05) is 12.7 Å². The number of carbonyl (C=O) groups excluding carboxylic acids is 1. The second-order valence-corrected chi connectivity index (χ2v) is 5.83. The topological polar surface area (TPSA) is 83.0 Å². The second-order valence-electron chi connectivity index (χ2n) is 5.83. The molecule has 8 heteroatoms. The van der Waals surface area contributed by atoms with Crippen LogP contribution in [0.3, 0.4) is 0 Å². The van der Waals surface area contributed by atoms with Crippen molar-refractivity contribution in [2.24, 2.45) is 4.99 Å². The van der Waals surface area contributed by atoms with Crippen molar-refractivity contribution >= 4 is 12.1 Å². The fourth-order valence-electron chi connectivity index (χ4n) is 2.83. The first-order chi connectivity index (χ1) is 12.4. The lowest BCUT2D eigenvalue weighted by atomic mass is 9.82. The molecule has 0 radical (unpaired) electrons. The maximum absolute atomic E-state index is 14.4. The number of halogens is 2. The van der Waals surface area contributed by atoms with Crippen molar-refractivity contribution in [3.05, 3.63) is 59.4 Å². The standard InChI is InChI=1S/C18H21F2N3O3/c1-3-13(17(24)23-25)11-21-12(2)22-18(6-8-26-9-7-18)15-10-14(19)4-5-16(15)20/h3-5,10-11,22,25H,2,6-9H2,1H3,(H,23,24)/b13-3+,21-11-. The van der Waals surface area contributed by atoms with E-state index in [2.05, 4.69) is 16.9 Å². The Morgan fingerprint density at radius 1 is 1.38 bits per heavy atom. The highest BCUT2D eigenvalue weighted by Gasteiger charge is 2.37. The summed E-state index contributed by atoms with van der Waals surface area (Å²) in [6.07, 6.45) is 3.47. The number of benzene rings is 1. The summed E-state index contributed by atoms with van der Waals surface area (Å²) in [5.41, 5.74) is 0.886. The molecule has 1 fully saturated rings. The normalized spacial score (nSPS) is 17.2. The van der Waals surface area contributed by atoms with Crippen molar-refractivity contribution in [1.82, 2.24) is 10.8 Å². The fourth-order valence-corrected chi connectivity index (χ4v) is 2.83. The van der Waals surface area contributed by atoms with Gasteiger partial charge in [-0.2, -0.15) is 0 Å². The molecule has 1 aliphatic rings. The number of hydrogen-bond acceptors (Lipinski definition) is 5. The minimum Gasteiger partial charge on any atom is -0.381 e. The van der Waals surface area contributed by atoms with Gasteiger partial charge in [-0.15, -0.1) is 0 Å². The Bertz CT molecular complexity index is 741. The zero-order valence-electron chi connectivity index (χ0n) is 14.4. The predicted octanol–water partition coefficient (Wildman–Crippen LogP) is 2.55. The van der Waals surface area contributed by atoms with Crippen molar-refractivity contribution in [3.8, 4) is 0 Å². The average molecular weight is 365 g/mol. The maximum Gasteiger partial charge on any atom is 0.275 e. The molecule has 1 aromatic rings. The molecule has 1 heterocycles. The number of aliphatic imine (C=N–C) groups is 1. The molecule has 1 amide bonds. The summed E-state index contributed by atoms with van der Waals surface area (Å²) >= 11 is 0. The third-order valence-corrected chi connectivity index (χ3v) is 4.21. The van der Waals surface area contributed by atoms with Gasteiger partial charge in [0.15, 0.2) is 0 Å². The Labute approximate surface area is 150 Å². The predicted molar refractivity (Wildman–Crippen MR) is 92.5 cm³/mol. The molecule has 1 saturated heterocycles. The molecular weight excluding hydrogens is 344 g/mol. The number of hydroxylamine groups is 1. The van der Waals surface area contributed by atoms with Gasteiger partial charge in [-0.3, -0.25) is 10.0 Å². The molecule has 0 aromatic heterocycles. The lowest BCUT2D eigenvalue weighted by Crippen LogP contribution is -2.46. The second kappa shape index (κ2) is 8.68. The van der Waals surface area contributed by atoms with Crippen molar-refractivity contribution in [2.45, 2.75) is 25.3 Å². The lowest BCUT2D eigenvalue weighted by Gasteiger charge is -2.39. The zero-order chi connectivity index (χ0) is 19.2. The van der Waals surface area contributed by atoms with Gasteiger partial charge in [0.25, 0.3) is 5.91 Å². The molecular formula is C18H21F2N3O3. The number of amides is 1. The summed E-state index contributed by atoms with van der Waals surface area (Å²) in [5.74, 6) is -1.63. The zero-order valence-corrected chi connectivity index (χ0v) is 14.4. The average Bonchev–Trinajstić information content (AvgIpc) is 2.64. The molecule has 140 valence electrons. The molecule has 0 bridgehead atoms. The highest BCUT2D eigenvalue weighted by Crippen LogP contribution is 2.35. The van der Waals surface area contributed by atoms with Crippen LogP contribution >= 0.6 is 0 Å². The summed E-state index contributed by atoms with van der Waals surface area (Å²) in [7, 11) is 0. The van der Waals surface area contributed by atoms with Gasteiger partial charge in [0.1, 0.15) is 17.5 Å². The van der Waals surface area contributed by atoms with Gasteiger partial charge >= 0.3 is 0 Å². The first-order valence-corrected chi connectivity index (χ1v) is 8.07. The third-order valence-electron chi connectivity index (χ3n) is 4.21. The smallest absolute Gasteiger partial charge is 0.275 e. The quantitative estimate of drug-likeness (QED) is 0.313. The van der Waals surface area contributed by atoms with E-state index in [0.29, 0.717) is 26.1 Å². The van der Waals surface area contributed by atoms with E-state index in [1.54, 1.807) is 6.92 Å². The molecule has 3 N–H and O–H groups in total. The Kier molecular flexibility index (Phi) is 6.59. The van der Waals surface area contributed by atoms with Crippen LogP contribution in [0.15, 0.2) is 47.2 Å². The SMILES string of the molecule is C=C(/N=C\C(=C/C)C(=O)NO)NC1(c2cc(F)ccc2F)CCOCC1. The van der Waals surface area contributed by atoms with Crippen molar-refractivity contribution < 1.29 is 23.5 Å². The minimum atomic E-state index is -0.922. The van der Waals surface area contributed by atoms with Crippen LogP contribution in [0.25, 0.3) is 0 Å². The first kappa shape index (κ1) is 19.7. The van der Waals surface area contributed by atoms with Crippen LogP contribution in [0.4, 0.5) is 8.78 Å². The molecule has 1 aliphatic heterocycles. The van der Waals surface area contributed by atoms with Gasteiger partial charge in [0.2, 0.25) is 0 Å². The van der Waals surface area contributed by atoms with Crippen LogP contribution in [-0.2, 0) is 15.1 Å². The van der Waals surface area contributed by atoms with Gasteiger partial charge in [0.05, 0.1) is 11.1 Å². The summed E-state index contributed by atoms with van der Waals surface area (Å²) in [5, 5.41) is 11.7. The molecule has 1 aromatic carbocycles. The molecule has 26 heavy (non-hydrogen) atoms. The van der Waals surface area contributed by atoms with Gasteiger partial charge < -0.3 is 10.1 Å². The van der Waals surface area contributed by atoms with E-state index in [0.717, 1.165) is 18.2 Å². The monoisotopic (exact) mass is 365 g/mol.